The van der Waals surface area contributed by atoms with E-state index in [2.05, 4.69) is 0 Å². The second-order valence-corrected chi connectivity index (χ2v) is 4.29. The van der Waals surface area contributed by atoms with Gasteiger partial charge in [0, 0.05) is 12.5 Å². The van der Waals surface area contributed by atoms with Crippen LogP contribution >= 0.6 is 0 Å². The average Bonchev–Trinajstić information content (AvgIpc) is 2.27. The monoisotopic (exact) mass is 215 g/mol. The number of amides is 1. The lowest BCUT2D eigenvalue weighted by Crippen LogP contribution is -2.53. The van der Waals surface area contributed by atoms with Gasteiger partial charge < -0.3 is 14.7 Å². The summed E-state index contributed by atoms with van der Waals surface area (Å²) in [6.45, 7) is 6.95. The third kappa shape index (κ3) is 2.92. The standard InChI is InChI=1S/C11H21NO3/c1-4-8(2)11(14)12-5-10(6-13)15-7-9(12)3/h8-10,13H,4-7H2,1-3H3. The lowest BCUT2D eigenvalue weighted by Gasteiger charge is -2.38. The largest absolute Gasteiger partial charge is 0.394 e. The van der Waals surface area contributed by atoms with E-state index < -0.39 is 0 Å². The number of ether oxygens (including phenoxy) is 1. The zero-order chi connectivity index (χ0) is 11.4. The molecule has 0 saturated carbocycles. The Balaban J connectivity index is 2.61. The minimum atomic E-state index is -0.214. The van der Waals surface area contributed by atoms with E-state index in [0.29, 0.717) is 13.2 Å². The zero-order valence-electron chi connectivity index (χ0n) is 9.77. The second kappa shape index (κ2) is 5.47. The molecule has 0 spiro atoms. The Hall–Kier alpha value is -0.610. The summed E-state index contributed by atoms with van der Waals surface area (Å²) >= 11 is 0. The van der Waals surface area contributed by atoms with Crippen LogP contribution in [0.4, 0.5) is 0 Å². The number of aliphatic hydroxyl groups is 1. The highest BCUT2D eigenvalue weighted by molar-refractivity contribution is 5.78. The number of hydrogen-bond acceptors (Lipinski definition) is 3. The molecule has 0 aromatic rings. The summed E-state index contributed by atoms with van der Waals surface area (Å²) in [7, 11) is 0. The fourth-order valence-corrected chi connectivity index (χ4v) is 1.69. The molecule has 1 aliphatic heterocycles. The highest BCUT2D eigenvalue weighted by Gasteiger charge is 2.30. The molecule has 1 aliphatic rings. The molecular formula is C11H21NO3. The van der Waals surface area contributed by atoms with Crippen LogP contribution in [0.5, 0.6) is 0 Å². The van der Waals surface area contributed by atoms with E-state index in [9.17, 15) is 4.79 Å². The Morgan fingerprint density at radius 2 is 2.33 bits per heavy atom. The fourth-order valence-electron chi connectivity index (χ4n) is 1.69. The van der Waals surface area contributed by atoms with Crippen LogP contribution in [0.15, 0.2) is 0 Å². The van der Waals surface area contributed by atoms with E-state index in [0.717, 1.165) is 6.42 Å². The summed E-state index contributed by atoms with van der Waals surface area (Å²) in [6, 6.07) is 0.120. The van der Waals surface area contributed by atoms with Crippen LogP contribution in [0.2, 0.25) is 0 Å². The topological polar surface area (TPSA) is 49.8 Å². The quantitative estimate of drug-likeness (QED) is 0.751. The van der Waals surface area contributed by atoms with Gasteiger partial charge in [0.25, 0.3) is 0 Å². The van der Waals surface area contributed by atoms with Gasteiger partial charge in [0.2, 0.25) is 5.91 Å². The molecule has 1 saturated heterocycles. The fraction of sp³-hybridized carbons (Fsp3) is 0.909. The van der Waals surface area contributed by atoms with Crippen LogP contribution < -0.4 is 0 Å². The summed E-state index contributed by atoms with van der Waals surface area (Å²) in [5.41, 5.74) is 0. The van der Waals surface area contributed by atoms with Gasteiger partial charge in [-0.3, -0.25) is 4.79 Å². The van der Waals surface area contributed by atoms with Crippen LogP contribution in [0, 0.1) is 5.92 Å². The molecule has 0 radical (unpaired) electrons. The minimum Gasteiger partial charge on any atom is -0.394 e. The molecule has 0 bridgehead atoms. The van der Waals surface area contributed by atoms with Crippen LogP contribution in [0.3, 0.4) is 0 Å². The van der Waals surface area contributed by atoms with Crippen molar-refractivity contribution in [3.63, 3.8) is 0 Å². The predicted octanol–water partition coefficient (Wildman–Crippen LogP) is 0.641. The summed E-state index contributed by atoms with van der Waals surface area (Å²) < 4.78 is 5.39. The number of aliphatic hydroxyl groups excluding tert-OH is 1. The number of carbonyl (C=O) groups is 1. The maximum atomic E-state index is 12.0. The smallest absolute Gasteiger partial charge is 0.225 e. The Bertz CT molecular complexity index is 220. The molecule has 3 atom stereocenters. The third-order valence-corrected chi connectivity index (χ3v) is 3.03. The predicted molar refractivity (Wildman–Crippen MR) is 57.5 cm³/mol. The van der Waals surface area contributed by atoms with E-state index in [1.165, 1.54) is 0 Å². The highest BCUT2D eigenvalue weighted by atomic mass is 16.5. The zero-order valence-corrected chi connectivity index (χ0v) is 9.77. The maximum absolute atomic E-state index is 12.0. The van der Waals surface area contributed by atoms with Crippen molar-refractivity contribution in [2.24, 2.45) is 5.92 Å². The maximum Gasteiger partial charge on any atom is 0.225 e. The summed E-state index contributed by atoms with van der Waals surface area (Å²) in [4.78, 5) is 13.8. The molecule has 0 aromatic carbocycles. The molecule has 1 amide bonds. The van der Waals surface area contributed by atoms with Gasteiger partial charge in [-0.05, 0) is 13.3 Å². The highest BCUT2D eigenvalue weighted by Crippen LogP contribution is 2.16. The van der Waals surface area contributed by atoms with Crippen LogP contribution in [0.25, 0.3) is 0 Å². The van der Waals surface area contributed by atoms with E-state index in [1.54, 1.807) is 0 Å². The molecule has 1 N–H and O–H groups in total. The number of carbonyl (C=O) groups excluding carboxylic acids is 1. The van der Waals surface area contributed by atoms with Gasteiger partial charge in [0.1, 0.15) is 0 Å². The Kier molecular flexibility index (Phi) is 4.54. The lowest BCUT2D eigenvalue weighted by molar-refractivity contribution is -0.150. The lowest BCUT2D eigenvalue weighted by atomic mass is 10.1. The van der Waals surface area contributed by atoms with Crippen molar-refractivity contribution in [1.29, 1.82) is 0 Å². The summed E-state index contributed by atoms with van der Waals surface area (Å²) in [5, 5.41) is 9.01. The van der Waals surface area contributed by atoms with E-state index >= 15 is 0 Å². The molecule has 3 unspecified atom stereocenters. The van der Waals surface area contributed by atoms with Crippen molar-refractivity contribution in [2.75, 3.05) is 19.8 Å². The summed E-state index contributed by atoms with van der Waals surface area (Å²) in [5.74, 6) is 0.233. The molecule has 88 valence electrons. The first kappa shape index (κ1) is 12.5. The molecule has 0 aromatic heterocycles. The Morgan fingerprint density at radius 1 is 1.67 bits per heavy atom. The molecule has 1 fully saturated rings. The number of morpholine rings is 1. The molecule has 4 heteroatoms. The van der Waals surface area contributed by atoms with Gasteiger partial charge in [-0.25, -0.2) is 0 Å². The first-order valence-corrected chi connectivity index (χ1v) is 5.63. The Labute approximate surface area is 91.2 Å². The van der Waals surface area contributed by atoms with Crippen molar-refractivity contribution < 1.29 is 14.6 Å². The second-order valence-electron chi connectivity index (χ2n) is 4.29. The first-order valence-electron chi connectivity index (χ1n) is 5.63. The number of rotatable bonds is 3. The van der Waals surface area contributed by atoms with Gasteiger partial charge in [-0.1, -0.05) is 13.8 Å². The number of nitrogens with zero attached hydrogens (tertiary/aromatic N) is 1. The van der Waals surface area contributed by atoms with Crippen molar-refractivity contribution in [2.45, 2.75) is 39.3 Å². The van der Waals surface area contributed by atoms with Gasteiger partial charge in [-0.15, -0.1) is 0 Å². The van der Waals surface area contributed by atoms with Crippen molar-refractivity contribution in [3.05, 3.63) is 0 Å². The van der Waals surface area contributed by atoms with Crippen molar-refractivity contribution >= 4 is 5.91 Å². The Morgan fingerprint density at radius 3 is 2.87 bits per heavy atom. The van der Waals surface area contributed by atoms with Crippen LogP contribution in [0.1, 0.15) is 27.2 Å². The molecule has 4 nitrogen and oxygen atoms in total. The average molecular weight is 215 g/mol. The summed E-state index contributed by atoms with van der Waals surface area (Å²) in [6.07, 6.45) is 0.640. The van der Waals surface area contributed by atoms with E-state index in [-0.39, 0.29) is 30.6 Å². The number of hydrogen-bond donors (Lipinski definition) is 1. The molecule has 15 heavy (non-hydrogen) atoms. The van der Waals surface area contributed by atoms with E-state index in [1.807, 2.05) is 25.7 Å². The third-order valence-electron chi connectivity index (χ3n) is 3.03. The van der Waals surface area contributed by atoms with Gasteiger partial charge >= 0.3 is 0 Å². The van der Waals surface area contributed by atoms with Gasteiger partial charge in [0.15, 0.2) is 0 Å². The van der Waals surface area contributed by atoms with Crippen LogP contribution in [-0.4, -0.2) is 47.8 Å². The van der Waals surface area contributed by atoms with Crippen molar-refractivity contribution in [1.82, 2.24) is 4.90 Å². The van der Waals surface area contributed by atoms with Gasteiger partial charge in [0.05, 0.1) is 25.4 Å². The normalized spacial score (nSPS) is 28.9. The molecular weight excluding hydrogens is 194 g/mol. The molecule has 1 rings (SSSR count). The SMILES string of the molecule is CCC(C)C(=O)N1CC(CO)OCC1C. The van der Waals surface area contributed by atoms with Crippen molar-refractivity contribution in [3.8, 4) is 0 Å². The first-order chi connectivity index (χ1) is 7.10. The minimum absolute atomic E-state index is 0.0169. The van der Waals surface area contributed by atoms with Gasteiger partial charge in [-0.2, -0.15) is 0 Å². The molecule has 1 heterocycles. The molecule has 0 aliphatic carbocycles. The van der Waals surface area contributed by atoms with Crippen LogP contribution in [-0.2, 0) is 9.53 Å². The van der Waals surface area contributed by atoms with E-state index in [4.69, 9.17) is 9.84 Å².